The van der Waals surface area contributed by atoms with Gasteiger partial charge in [-0.05, 0) is 24.5 Å². The topological polar surface area (TPSA) is 72.3 Å². The molecule has 2 aliphatic heterocycles. The predicted molar refractivity (Wildman–Crippen MR) is 74.9 cm³/mol. The first-order valence-corrected chi connectivity index (χ1v) is 7.27. The molecule has 0 aromatic carbocycles. The van der Waals surface area contributed by atoms with E-state index in [0.717, 1.165) is 30.7 Å². The number of hydrogen-bond acceptors (Lipinski definition) is 4. The normalized spacial score (nSPS) is 22.0. The molecule has 118 valence electrons. The molecule has 23 heavy (non-hydrogen) atoms. The van der Waals surface area contributed by atoms with E-state index in [9.17, 15) is 18.7 Å². The minimum absolute atomic E-state index is 0.0206. The molecule has 0 spiro atoms. The first-order valence-electron chi connectivity index (χ1n) is 7.27. The Labute approximate surface area is 130 Å². The molecule has 2 unspecified atom stereocenters. The average molecular weight is 318 g/mol. The third-order valence-corrected chi connectivity index (χ3v) is 4.28. The van der Waals surface area contributed by atoms with Crippen LogP contribution in [-0.4, -0.2) is 27.1 Å². The number of rotatable bonds is 2. The van der Waals surface area contributed by atoms with E-state index in [4.69, 9.17) is 4.74 Å². The van der Waals surface area contributed by atoms with Crippen LogP contribution in [0.3, 0.4) is 0 Å². The monoisotopic (exact) mass is 318 g/mol. The SMILES string of the molecule is O=C(O)c1cc(-c2ncc(F)cc2F)c2c(n1)C1CCC(C2)O1. The highest BCUT2D eigenvalue weighted by atomic mass is 19.1. The highest BCUT2D eigenvalue weighted by molar-refractivity contribution is 5.87. The van der Waals surface area contributed by atoms with Gasteiger partial charge in [0.25, 0.3) is 0 Å². The zero-order valence-electron chi connectivity index (χ0n) is 11.9. The molecule has 0 radical (unpaired) electrons. The number of carboxylic acids is 1. The van der Waals surface area contributed by atoms with Gasteiger partial charge in [0.1, 0.15) is 23.3 Å². The van der Waals surface area contributed by atoms with E-state index >= 15 is 0 Å². The number of carbonyl (C=O) groups is 1. The van der Waals surface area contributed by atoms with Crippen LogP contribution in [0.2, 0.25) is 0 Å². The van der Waals surface area contributed by atoms with Gasteiger partial charge in [0, 0.05) is 18.1 Å². The van der Waals surface area contributed by atoms with E-state index in [1.807, 2.05) is 0 Å². The zero-order valence-corrected chi connectivity index (χ0v) is 11.9. The van der Waals surface area contributed by atoms with E-state index in [-0.39, 0.29) is 23.6 Å². The van der Waals surface area contributed by atoms with Crippen molar-refractivity contribution in [2.45, 2.75) is 31.5 Å². The van der Waals surface area contributed by atoms with Gasteiger partial charge in [0.2, 0.25) is 0 Å². The van der Waals surface area contributed by atoms with Gasteiger partial charge in [-0.1, -0.05) is 0 Å². The predicted octanol–water partition coefficient (Wildman–Crippen LogP) is 2.90. The molecular weight excluding hydrogens is 306 g/mol. The average Bonchev–Trinajstić information content (AvgIpc) is 2.89. The number of halogens is 2. The molecule has 4 heterocycles. The van der Waals surface area contributed by atoms with Crippen molar-refractivity contribution in [3.05, 3.63) is 46.9 Å². The van der Waals surface area contributed by atoms with Crippen molar-refractivity contribution in [2.75, 3.05) is 0 Å². The summed E-state index contributed by atoms with van der Waals surface area (Å²) in [5.41, 5.74) is 1.36. The van der Waals surface area contributed by atoms with Crippen LogP contribution in [-0.2, 0) is 11.2 Å². The van der Waals surface area contributed by atoms with Crippen LogP contribution >= 0.6 is 0 Å². The maximum Gasteiger partial charge on any atom is 0.354 e. The Bertz CT molecular complexity index is 825. The summed E-state index contributed by atoms with van der Waals surface area (Å²) in [6.45, 7) is 0. The van der Waals surface area contributed by atoms with Crippen molar-refractivity contribution < 1.29 is 23.4 Å². The van der Waals surface area contributed by atoms with Gasteiger partial charge in [-0.15, -0.1) is 0 Å². The quantitative estimate of drug-likeness (QED) is 0.922. The second-order valence-electron chi connectivity index (χ2n) is 5.74. The number of hydrogen-bond donors (Lipinski definition) is 1. The fourth-order valence-corrected chi connectivity index (χ4v) is 3.29. The lowest BCUT2D eigenvalue weighted by atomic mass is 9.94. The van der Waals surface area contributed by atoms with E-state index in [2.05, 4.69) is 9.97 Å². The fourth-order valence-electron chi connectivity index (χ4n) is 3.29. The van der Waals surface area contributed by atoms with Crippen LogP contribution < -0.4 is 0 Å². The molecule has 2 atom stereocenters. The first-order chi connectivity index (χ1) is 11.0. The summed E-state index contributed by atoms with van der Waals surface area (Å²) in [6, 6.07) is 2.04. The van der Waals surface area contributed by atoms with Crippen molar-refractivity contribution >= 4 is 5.97 Å². The number of carboxylic acid groups (broad SMARTS) is 1. The van der Waals surface area contributed by atoms with Crippen LogP contribution in [0.25, 0.3) is 11.3 Å². The van der Waals surface area contributed by atoms with Gasteiger partial charge in [-0.3, -0.25) is 4.98 Å². The molecule has 1 saturated heterocycles. The standard InChI is InChI=1S/C16H12F2N2O3/c17-7-3-11(18)14(19-6-7)10-5-12(16(21)22)20-15-9(10)4-8-1-2-13(15)23-8/h3,5-6,8,13H,1-2,4H2,(H,21,22). The highest BCUT2D eigenvalue weighted by Gasteiger charge is 2.37. The van der Waals surface area contributed by atoms with E-state index < -0.39 is 17.6 Å². The Hall–Kier alpha value is -2.41. The van der Waals surface area contributed by atoms with Crippen LogP contribution in [0.1, 0.15) is 40.7 Å². The molecule has 1 fully saturated rings. The minimum atomic E-state index is -1.21. The molecule has 2 aromatic rings. The van der Waals surface area contributed by atoms with E-state index in [1.54, 1.807) is 0 Å². The second kappa shape index (κ2) is 5.06. The Morgan fingerprint density at radius 1 is 1.30 bits per heavy atom. The van der Waals surface area contributed by atoms with Gasteiger partial charge in [-0.2, -0.15) is 0 Å². The number of nitrogens with zero attached hydrogens (tertiary/aromatic N) is 2. The molecular formula is C16H12F2N2O3. The number of pyridine rings is 2. The van der Waals surface area contributed by atoms with Gasteiger partial charge in [-0.25, -0.2) is 18.6 Å². The van der Waals surface area contributed by atoms with Crippen LogP contribution in [0.4, 0.5) is 8.78 Å². The lowest BCUT2D eigenvalue weighted by Crippen LogP contribution is -2.21. The zero-order chi connectivity index (χ0) is 16.1. The summed E-state index contributed by atoms with van der Waals surface area (Å²) in [5.74, 6) is -2.82. The molecule has 2 aliphatic rings. The summed E-state index contributed by atoms with van der Waals surface area (Å²) in [6.07, 6.45) is 2.79. The third-order valence-electron chi connectivity index (χ3n) is 4.28. The molecule has 4 rings (SSSR count). The van der Waals surface area contributed by atoms with Crippen molar-refractivity contribution in [1.82, 2.24) is 9.97 Å². The Balaban J connectivity index is 1.97. The van der Waals surface area contributed by atoms with E-state index in [1.165, 1.54) is 6.07 Å². The summed E-state index contributed by atoms with van der Waals surface area (Å²) in [4.78, 5) is 19.3. The second-order valence-corrected chi connectivity index (χ2v) is 5.74. The summed E-state index contributed by atoms with van der Waals surface area (Å²) in [5, 5.41) is 9.26. The number of aromatic carboxylic acids is 1. The Morgan fingerprint density at radius 3 is 2.87 bits per heavy atom. The lowest BCUT2D eigenvalue weighted by molar-refractivity contribution is 0.0293. The summed E-state index contributed by atoms with van der Waals surface area (Å²) < 4.78 is 33.0. The molecule has 2 aromatic heterocycles. The van der Waals surface area contributed by atoms with Gasteiger partial charge in [0.05, 0.1) is 18.0 Å². The van der Waals surface area contributed by atoms with Gasteiger partial charge in [0.15, 0.2) is 5.82 Å². The molecule has 7 heteroatoms. The summed E-state index contributed by atoms with van der Waals surface area (Å²) >= 11 is 0. The maximum absolute atomic E-state index is 14.1. The van der Waals surface area contributed by atoms with Crippen molar-refractivity contribution in [3.63, 3.8) is 0 Å². The number of fused-ring (bicyclic) bond motifs is 4. The van der Waals surface area contributed by atoms with Crippen molar-refractivity contribution in [2.24, 2.45) is 0 Å². The Kier molecular flexibility index (Phi) is 3.12. The molecule has 5 nitrogen and oxygen atoms in total. The number of ether oxygens (including phenoxy) is 1. The molecule has 0 aliphatic carbocycles. The minimum Gasteiger partial charge on any atom is -0.477 e. The largest absolute Gasteiger partial charge is 0.477 e. The third kappa shape index (κ3) is 2.28. The van der Waals surface area contributed by atoms with Gasteiger partial charge < -0.3 is 9.84 Å². The smallest absolute Gasteiger partial charge is 0.354 e. The molecule has 1 N–H and O–H groups in total. The van der Waals surface area contributed by atoms with Crippen LogP contribution in [0, 0.1) is 11.6 Å². The number of aromatic nitrogens is 2. The van der Waals surface area contributed by atoms with Crippen molar-refractivity contribution in [3.8, 4) is 11.3 Å². The van der Waals surface area contributed by atoms with Gasteiger partial charge >= 0.3 is 5.97 Å². The summed E-state index contributed by atoms with van der Waals surface area (Å²) in [7, 11) is 0. The van der Waals surface area contributed by atoms with Crippen LogP contribution in [0.5, 0.6) is 0 Å². The maximum atomic E-state index is 14.1. The Morgan fingerprint density at radius 2 is 2.13 bits per heavy atom. The van der Waals surface area contributed by atoms with E-state index in [0.29, 0.717) is 17.7 Å². The first kappa shape index (κ1) is 14.2. The lowest BCUT2D eigenvalue weighted by Gasteiger charge is -2.25. The fraction of sp³-hybridized carbons (Fsp3) is 0.312. The van der Waals surface area contributed by atoms with Crippen molar-refractivity contribution in [1.29, 1.82) is 0 Å². The highest BCUT2D eigenvalue weighted by Crippen LogP contribution is 2.43. The molecule has 2 bridgehead atoms. The molecule has 0 saturated carbocycles. The van der Waals surface area contributed by atoms with Crippen LogP contribution in [0.15, 0.2) is 18.3 Å². The molecule has 0 amide bonds.